The molecule has 5 heterocycles. The number of aromatic nitrogens is 4. The number of hydrogen-bond donors (Lipinski definition) is 1. The zero-order valence-electron chi connectivity index (χ0n) is 16.6. The lowest BCUT2D eigenvalue weighted by Gasteiger charge is -2.38. The van der Waals surface area contributed by atoms with Crippen LogP contribution in [0.5, 0.6) is 0 Å². The number of aryl methyl sites for hydroxylation is 1. The predicted molar refractivity (Wildman–Crippen MR) is 111 cm³/mol. The summed E-state index contributed by atoms with van der Waals surface area (Å²) in [6.45, 7) is 7.97. The van der Waals surface area contributed by atoms with E-state index in [1.165, 1.54) is 0 Å². The van der Waals surface area contributed by atoms with Gasteiger partial charge in [0.25, 0.3) is 0 Å². The fourth-order valence-corrected chi connectivity index (χ4v) is 3.80. The molecule has 0 radical (unpaired) electrons. The van der Waals surface area contributed by atoms with Crippen molar-refractivity contribution in [3.05, 3.63) is 52.9 Å². The average molecular weight is 390 g/mol. The van der Waals surface area contributed by atoms with Crippen molar-refractivity contribution in [2.45, 2.75) is 32.9 Å². The van der Waals surface area contributed by atoms with Gasteiger partial charge in [0.15, 0.2) is 5.65 Å². The fourth-order valence-electron chi connectivity index (χ4n) is 3.80. The SMILES string of the molecule is Cc1cn2cc(-c3cc4ccc(N5C[C@H](C)NC[C@H]5C)nc4oc3=O)nc2cn1. The molecule has 4 aromatic rings. The molecule has 1 fully saturated rings. The monoisotopic (exact) mass is 390 g/mol. The lowest BCUT2D eigenvalue weighted by molar-refractivity contribution is 0.422. The highest BCUT2D eigenvalue weighted by molar-refractivity contribution is 5.80. The second-order valence-electron chi connectivity index (χ2n) is 7.74. The summed E-state index contributed by atoms with van der Waals surface area (Å²) in [5.41, 5.74) is 2.42. The Morgan fingerprint density at radius 1 is 1.21 bits per heavy atom. The molecule has 1 aliphatic heterocycles. The molecule has 29 heavy (non-hydrogen) atoms. The Morgan fingerprint density at radius 2 is 2.07 bits per heavy atom. The molecule has 0 spiro atoms. The molecule has 0 amide bonds. The van der Waals surface area contributed by atoms with Crippen LogP contribution in [0.4, 0.5) is 5.82 Å². The van der Waals surface area contributed by atoms with Gasteiger partial charge in [-0.15, -0.1) is 0 Å². The van der Waals surface area contributed by atoms with E-state index in [1.807, 2.05) is 35.9 Å². The van der Waals surface area contributed by atoms with Crippen molar-refractivity contribution in [1.82, 2.24) is 24.7 Å². The van der Waals surface area contributed by atoms with Crippen LogP contribution in [0.25, 0.3) is 28.0 Å². The molecule has 8 nitrogen and oxygen atoms in total. The van der Waals surface area contributed by atoms with E-state index in [0.29, 0.717) is 34.7 Å². The van der Waals surface area contributed by atoms with E-state index in [-0.39, 0.29) is 0 Å². The molecule has 1 N–H and O–H groups in total. The lowest BCUT2D eigenvalue weighted by Crippen LogP contribution is -2.54. The fraction of sp³-hybridized carbons (Fsp3) is 0.333. The van der Waals surface area contributed by atoms with Crippen LogP contribution in [-0.2, 0) is 0 Å². The smallest absolute Gasteiger partial charge is 0.347 e. The van der Waals surface area contributed by atoms with Gasteiger partial charge >= 0.3 is 5.63 Å². The second kappa shape index (κ2) is 6.66. The van der Waals surface area contributed by atoms with Gasteiger partial charge in [0.2, 0.25) is 5.71 Å². The van der Waals surface area contributed by atoms with Crippen LogP contribution in [0.15, 0.2) is 46.0 Å². The zero-order valence-corrected chi connectivity index (χ0v) is 16.6. The third-order valence-corrected chi connectivity index (χ3v) is 5.39. The quantitative estimate of drug-likeness (QED) is 0.562. The number of fused-ring (bicyclic) bond motifs is 2. The van der Waals surface area contributed by atoms with E-state index in [4.69, 9.17) is 4.42 Å². The van der Waals surface area contributed by atoms with Crippen molar-refractivity contribution in [2.24, 2.45) is 0 Å². The minimum absolute atomic E-state index is 0.317. The second-order valence-corrected chi connectivity index (χ2v) is 7.74. The minimum Gasteiger partial charge on any atom is -0.403 e. The number of hydrogen-bond acceptors (Lipinski definition) is 7. The van der Waals surface area contributed by atoms with Crippen molar-refractivity contribution in [1.29, 1.82) is 0 Å². The van der Waals surface area contributed by atoms with E-state index in [9.17, 15) is 4.79 Å². The summed E-state index contributed by atoms with van der Waals surface area (Å²) < 4.78 is 7.44. The van der Waals surface area contributed by atoms with Gasteiger partial charge in [-0.25, -0.2) is 9.78 Å². The molecular weight excluding hydrogens is 368 g/mol. The van der Waals surface area contributed by atoms with E-state index >= 15 is 0 Å². The van der Waals surface area contributed by atoms with Gasteiger partial charge in [-0.05, 0) is 39.0 Å². The molecule has 5 rings (SSSR count). The van der Waals surface area contributed by atoms with Crippen LogP contribution < -0.4 is 15.8 Å². The molecule has 1 saturated heterocycles. The highest BCUT2D eigenvalue weighted by atomic mass is 16.4. The first-order valence-corrected chi connectivity index (χ1v) is 9.74. The number of pyridine rings is 1. The third-order valence-electron chi connectivity index (χ3n) is 5.39. The first kappa shape index (κ1) is 17.8. The highest BCUT2D eigenvalue weighted by Crippen LogP contribution is 2.24. The average Bonchev–Trinajstić information content (AvgIpc) is 3.11. The van der Waals surface area contributed by atoms with Gasteiger partial charge in [0.05, 0.1) is 23.1 Å². The van der Waals surface area contributed by atoms with Crippen LogP contribution >= 0.6 is 0 Å². The molecular formula is C21H22N6O2. The molecule has 148 valence electrons. The highest BCUT2D eigenvalue weighted by Gasteiger charge is 2.24. The number of rotatable bonds is 2. The van der Waals surface area contributed by atoms with E-state index in [2.05, 4.69) is 39.0 Å². The maximum atomic E-state index is 12.7. The summed E-state index contributed by atoms with van der Waals surface area (Å²) in [5, 5.41) is 4.23. The Morgan fingerprint density at radius 3 is 2.93 bits per heavy atom. The van der Waals surface area contributed by atoms with Crippen molar-refractivity contribution < 1.29 is 4.42 Å². The van der Waals surface area contributed by atoms with E-state index in [0.717, 1.165) is 30.0 Å². The van der Waals surface area contributed by atoms with Crippen LogP contribution in [0.3, 0.4) is 0 Å². The van der Waals surface area contributed by atoms with Gasteiger partial charge < -0.3 is 19.0 Å². The molecule has 0 unspecified atom stereocenters. The molecule has 0 aromatic carbocycles. The van der Waals surface area contributed by atoms with Crippen molar-refractivity contribution in [3.63, 3.8) is 0 Å². The summed E-state index contributed by atoms with van der Waals surface area (Å²) in [5.74, 6) is 0.823. The minimum atomic E-state index is -0.447. The van der Waals surface area contributed by atoms with Gasteiger partial charge in [-0.2, -0.15) is 4.98 Å². The number of anilines is 1. The zero-order chi connectivity index (χ0) is 20.1. The van der Waals surface area contributed by atoms with Gasteiger partial charge in [0, 0.05) is 43.0 Å². The largest absolute Gasteiger partial charge is 0.403 e. The summed E-state index contributed by atoms with van der Waals surface area (Å²) in [6.07, 6.45) is 5.37. The van der Waals surface area contributed by atoms with Gasteiger partial charge in [-0.1, -0.05) is 0 Å². The van der Waals surface area contributed by atoms with E-state index < -0.39 is 5.63 Å². The van der Waals surface area contributed by atoms with Gasteiger partial charge in [-0.3, -0.25) is 4.98 Å². The number of nitrogens with one attached hydrogen (secondary N) is 1. The Kier molecular flexibility index (Phi) is 4.09. The van der Waals surface area contributed by atoms with Crippen LogP contribution in [0.1, 0.15) is 19.5 Å². The van der Waals surface area contributed by atoms with Crippen LogP contribution in [0, 0.1) is 6.92 Å². The summed E-state index contributed by atoms with van der Waals surface area (Å²) in [7, 11) is 0. The maximum absolute atomic E-state index is 12.7. The molecule has 2 atom stereocenters. The van der Waals surface area contributed by atoms with Crippen LogP contribution in [-0.4, -0.2) is 44.5 Å². The Labute approximate surface area is 167 Å². The predicted octanol–water partition coefficient (Wildman–Crippen LogP) is 2.39. The summed E-state index contributed by atoms with van der Waals surface area (Å²) in [4.78, 5) is 28.3. The van der Waals surface area contributed by atoms with Crippen LogP contribution in [0.2, 0.25) is 0 Å². The molecule has 1 aliphatic rings. The first-order chi connectivity index (χ1) is 14.0. The van der Waals surface area contributed by atoms with Crippen molar-refractivity contribution in [3.8, 4) is 11.3 Å². The summed E-state index contributed by atoms with van der Waals surface area (Å²) >= 11 is 0. The van der Waals surface area contributed by atoms with E-state index in [1.54, 1.807) is 12.3 Å². The van der Waals surface area contributed by atoms with Gasteiger partial charge in [0.1, 0.15) is 5.82 Å². The van der Waals surface area contributed by atoms with Crippen molar-refractivity contribution >= 4 is 22.6 Å². The molecule has 0 bridgehead atoms. The normalized spacial score (nSPS) is 19.9. The third kappa shape index (κ3) is 3.15. The first-order valence-electron chi connectivity index (χ1n) is 9.74. The van der Waals surface area contributed by atoms with Crippen molar-refractivity contribution in [2.75, 3.05) is 18.0 Å². The molecule has 0 aliphatic carbocycles. The Bertz CT molecular complexity index is 1280. The Balaban J connectivity index is 1.57. The topological polar surface area (TPSA) is 88.6 Å². The summed E-state index contributed by atoms with van der Waals surface area (Å²) in [6, 6.07) is 6.43. The lowest BCUT2D eigenvalue weighted by atomic mass is 10.1. The number of nitrogens with zero attached hydrogens (tertiary/aromatic N) is 5. The number of imidazole rings is 1. The number of piperazine rings is 1. The molecule has 4 aromatic heterocycles. The molecule has 8 heteroatoms. The maximum Gasteiger partial charge on any atom is 0.347 e. The standard InChI is InChI=1S/C21H22N6O2/c1-12-9-26-11-17(24-19(26)8-23-12)16-6-15-4-5-18(25-20(15)29-21(16)28)27-10-13(2)22-7-14(27)3/h4-6,8-9,11,13-14,22H,7,10H2,1-3H3/t13-,14+/m0/s1. The molecule has 0 saturated carbocycles. The Hall–Kier alpha value is -3.26.